The number of hydrogen-bond acceptors (Lipinski definition) is 4. The monoisotopic (exact) mass is 396 g/mol. The zero-order valence-electron chi connectivity index (χ0n) is 16.5. The van der Waals surface area contributed by atoms with Gasteiger partial charge in [0.05, 0.1) is 13.0 Å². The molecule has 0 aliphatic carbocycles. The summed E-state index contributed by atoms with van der Waals surface area (Å²) in [6, 6.07) is 13.5. The van der Waals surface area contributed by atoms with Crippen molar-refractivity contribution >= 4 is 23.5 Å². The maximum absolute atomic E-state index is 12.8. The van der Waals surface area contributed by atoms with E-state index in [-0.39, 0.29) is 18.2 Å². The third-order valence-corrected chi connectivity index (χ3v) is 6.15. The number of rotatable bonds is 9. The fourth-order valence-electron chi connectivity index (χ4n) is 3.44. The SMILES string of the molecule is CCCCCCCCOC(=O)Cc1ccc2c(c1)SCc1ccccc1C2=O. The van der Waals surface area contributed by atoms with E-state index in [1.54, 1.807) is 11.8 Å². The van der Waals surface area contributed by atoms with E-state index in [0.29, 0.717) is 6.61 Å². The van der Waals surface area contributed by atoms with Crippen LogP contribution >= 0.6 is 11.8 Å². The van der Waals surface area contributed by atoms with Crippen molar-refractivity contribution in [1.82, 2.24) is 0 Å². The van der Waals surface area contributed by atoms with Crippen LogP contribution in [-0.2, 0) is 21.7 Å². The predicted molar refractivity (Wildman–Crippen MR) is 114 cm³/mol. The molecule has 0 saturated carbocycles. The van der Waals surface area contributed by atoms with E-state index >= 15 is 0 Å². The molecule has 0 saturated heterocycles. The Bertz CT molecular complexity index is 828. The minimum absolute atomic E-state index is 0.0628. The van der Waals surface area contributed by atoms with E-state index in [0.717, 1.165) is 45.7 Å². The summed E-state index contributed by atoms with van der Waals surface area (Å²) in [5.74, 6) is 0.635. The van der Waals surface area contributed by atoms with Crippen molar-refractivity contribution < 1.29 is 14.3 Å². The molecule has 2 aromatic rings. The van der Waals surface area contributed by atoms with Crippen molar-refractivity contribution in [2.75, 3.05) is 6.61 Å². The van der Waals surface area contributed by atoms with E-state index in [9.17, 15) is 9.59 Å². The summed E-state index contributed by atoms with van der Waals surface area (Å²) in [5.41, 5.74) is 3.46. The number of ketones is 1. The highest BCUT2D eigenvalue weighted by Crippen LogP contribution is 2.34. The summed E-state index contributed by atoms with van der Waals surface area (Å²) < 4.78 is 5.38. The van der Waals surface area contributed by atoms with Crippen LogP contribution in [0.3, 0.4) is 0 Å². The Balaban J connectivity index is 1.53. The smallest absolute Gasteiger partial charge is 0.310 e. The lowest BCUT2D eigenvalue weighted by Gasteiger charge is -2.08. The normalized spacial score (nSPS) is 12.8. The molecule has 0 N–H and O–H groups in total. The van der Waals surface area contributed by atoms with E-state index in [1.807, 2.05) is 42.5 Å². The second-order valence-electron chi connectivity index (χ2n) is 7.27. The number of fused-ring (bicyclic) bond motifs is 2. The Morgan fingerprint density at radius 1 is 1.00 bits per heavy atom. The lowest BCUT2D eigenvalue weighted by Crippen LogP contribution is -2.10. The first kappa shape index (κ1) is 20.7. The van der Waals surface area contributed by atoms with E-state index in [2.05, 4.69) is 6.92 Å². The highest BCUT2D eigenvalue weighted by Gasteiger charge is 2.21. The van der Waals surface area contributed by atoms with Crippen LogP contribution in [0.1, 0.15) is 72.5 Å². The molecule has 1 heterocycles. The van der Waals surface area contributed by atoms with Gasteiger partial charge in [-0.25, -0.2) is 0 Å². The molecule has 0 radical (unpaired) electrons. The van der Waals surface area contributed by atoms with Gasteiger partial charge in [0.1, 0.15) is 0 Å². The predicted octanol–water partition coefficient (Wildman–Crippen LogP) is 5.97. The molecule has 0 spiro atoms. The van der Waals surface area contributed by atoms with Crippen LogP contribution in [0.5, 0.6) is 0 Å². The van der Waals surface area contributed by atoms with Gasteiger partial charge in [-0.05, 0) is 29.7 Å². The molecule has 1 aliphatic rings. The lowest BCUT2D eigenvalue weighted by atomic mass is 9.98. The quantitative estimate of drug-likeness (QED) is 0.387. The Labute approximate surface area is 171 Å². The number of carbonyl (C=O) groups is 2. The highest BCUT2D eigenvalue weighted by molar-refractivity contribution is 7.98. The van der Waals surface area contributed by atoms with Crippen molar-refractivity contribution in [3.05, 3.63) is 64.7 Å². The molecule has 0 aromatic heterocycles. The molecule has 0 fully saturated rings. The van der Waals surface area contributed by atoms with Crippen molar-refractivity contribution in [1.29, 1.82) is 0 Å². The number of unbranched alkanes of at least 4 members (excludes halogenated alkanes) is 5. The zero-order valence-corrected chi connectivity index (χ0v) is 17.4. The molecule has 148 valence electrons. The van der Waals surface area contributed by atoms with Crippen LogP contribution in [-0.4, -0.2) is 18.4 Å². The van der Waals surface area contributed by atoms with Crippen molar-refractivity contribution in [2.45, 2.75) is 62.5 Å². The van der Waals surface area contributed by atoms with E-state index in [1.165, 1.54) is 25.7 Å². The minimum Gasteiger partial charge on any atom is -0.465 e. The Kier molecular flexibility index (Phi) is 7.72. The Hall–Kier alpha value is -2.07. The largest absolute Gasteiger partial charge is 0.465 e. The van der Waals surface area contributed by atoms with Crippen LogP contribution in [0.15, 0.2) is 47.4 Å². The molecule has 0 bridgehead atoms. The van der Waals surface area contributed by atoms with Crippen LogP contribution < -0.4 is 0 Å². The summed E-state index contributed by atoms with van der Waals surface area (Å²) >= 11 is 1.66. The van der Waals surface area contributed by atoms with Crippen LogP contribution in [0, 0.1) is 0 Å². The van der Waals surface area contributed by atoms with Gasteiger partial charge >= 0.3 is 5.97 Å². The van der Waals surface area contributed by atoms with Gasteiger partial charge < -0.3 is 4.74 Å². The Morgan fingerprint density at radius 2 is 1.79 bits per heavy atom. The number of hydrogen-bond donors (Lipinski definition) is 0. The third kappa shape index (κ3) is 5.48. The summed E-state index contributed by atoms with van der Waals surface area (Å²) in [6.07, 6.45) is 7.30. The number of carbonyl (C=O) groups excluding carboxylic acids is 2. The standard InChI is InChI=1S/C24H28O3S/c1-2-3-4-5-6-9-14-27-23(25)16-18-12-13-21-22(15-18)28-17-19-10-7-8-11-20(19)24(21)26/h7-8,10-13,15H,2-6,9,14,16-17H2,1H3. The fourth-order valence-corrected chi connectivity index (χ4v) is 4.55. The first-order chi connectivity index (χ1) is 13.7. The molecule has 28 heavy (non-hydrogen) atoms. The average Bonchev–Trinajstić information content (AvgIpc) is 2.84. The first-order valence-corrected chi connectivity index (χ1v) is 11.2. The second-order valence-corrected chi connectivity index (χ2v) is 8.29. The number of esters is 1. The van der Waals surface area contributed by atoms with Gasteiger partial charge in [0.15, 0.2) is 5.78 Å². The van der Waals surface area contributed by atoms with Gasteiger partial charge in [0, 0.05) is 21.8 Å². The van der Waals surface area contributed by atoms with Gasteiger partial charge in [-0.1, -0.05) is 69.4 Å². The second kappa shape index (κ2) is 10.5. The third-order valence-electron chi connectivity index (χ3n) is 5.05. The zero-order chi connectivity index (χ0) is 19.8. The first-order valence-electron chi connectivity index (χ1n) is 10.2. The van der Waals surface area contributed by atoms with Gasteiger partial charge in [-0.2, -0.15) is 0 Å². The highest BCUT2D eigenvalue weighted by atomic mass is 32.2. The number of benzene rings is 2. The topological polar surface area (TPSA) is 43.4 Å². The molecule has 3 rings (SSSR count). The fraction of sp³-hybridized carbons (Fsp3) is 0.417. The van der Waals surface area contributed by atoms with Gasteiger partial charge in [0.2, 0.25) is 0 Å². The molecule has 3 nitrogen and oxygen atoms in total. The maximum Gasteiger partial charge on any atom is 0.310 e. The minimum atomic E-state index is -0.193. The molecular formula is C24H28O3S. The van der Waals surface area contributed by atoms with Crippen molar-refractivity contribution in [3.8, 4) is 0 Å². The van der Waals surface area contributed by atoms with Gasteiger partial charge in [0.25, 0.3) is 0 Å². The molecule has 4 heteroatoms. The molecule has 0 unspecified atom stereocenters. The average molecular weight is 397 g/mol. The number of ether oxygens (including phenoxy) is 1. The maximum atomic E-state index is 12.8. The van der Waals surface area contributed by atoms with Crippen LogP contribution in [0.25, 0.3) is 0 Å². The molecule has 0 atom stereocenters. The Morgan fingerprint density at radius 3 is 2.64 bits per heavy atom. The van der Waals surface area contributed by atoms with Gasteiger partial charge in [-0.3, -0.25) is 9.59 Å². The summed E-state index contributed by atoms with van der Waals surface area (Å²) in [5, 5.41) is 0. The van der Waals surface area contributed by atoms with E-state index < -0.39 is 0 Å². The van der Waals surface area contributed by atoms with Crippen LogP contribution in [0.4, 0.5) is 0 Å². The summed E-state index contributed by atoms with van der Waals surface area (Å²) in [7, 11) is 0. The van der Waals surface area contributed by atoms with Crippen molar-refractivity contribution in [3.63, 3.8) is 0 Å². The molecule has 1 aliphatic heterocycles. The lowest BCUT2D eigenvalue weighted by molar-refractivity contribution is -0.142. The molecule has 0 amide bonds. The summed E-state index contributed by atoms with van der Waals surface area (Å²) in [4.78, 5) is 25.9. The molecular weight excluding hydrogens is 368 g/mol. The number of thioether (sulfide) groups is 1. The van der Waals surface area contributed by atoms with Crippen LogP contribution in [0.2, 0.25) is 0 Å². The van der Waals surface area contributed by atoms with Gasteiger partial charge in [-0.15, -0.1) is 11.8 Å². The van der Waals surface area contributed by atoms with E-state index in [4.69, 9.17) is 4.74 Å². The molecule has 2 aromatic carbocycles. The van der Waals surface area contributed by atoms with Crippen molar-refractivity contribution in [2.24, 2.45) is 0 Å². The summed E-state index contributed by atoms with van der Waals surface area (Å²) in [6.45, 7) is 2.70.